The van der Waals surface area contributed by atoms with Gasteiger partial charge in [-0.15, -0.1) is 0 Å². The molecule has 0 radical (unpaired) electrons. The maximum absolute atomic E-state index is 13.3. The molecule has 3 rings (SSSR count). The molecule has 7 heteroatoms. The molecule has 1 aromatic carbocycles. The van der Waals surface area contributed by atoms with E-state index in [0.717, 1.165) is 17.7 Å². The molecule has 0 saturated carbocycles. The van der Waals surface area contributed by atoms with Crippen molar-refractivity contribution in [2.24, 2.45) is 0 Å². The van der Waals surface area contributed by atoms with Gasteiger partial charge in [-0.25, -0.2) is 13.8 Å². The van der Waals surface area contributed by atoms with Crippen molar-refractivity contribution >= 4 is 17.6 Å². The monoisotopic (exact) mass is 331 g/mol. The van der Waals surface area contributed by atoms with Crippen LogP contribution < -0.4 is 4.90 Å². The lowest BCUT2D eigenvalue weighted by atomic mass is 10.0. The van der Waals surface area contributed by atoms with Crippen molar-refractivity contribution in [1.82, 2.24) is 4.98 Å². The summed E-state index contributed by atoms with van der Waals surface area (Å²) in [6, 6.07) is 6.78. The summed E-state index contributed by atoms with van der Waals surface area (Å²) < 4.78 is 26.2. The number of piperidine rings is 1. The van der Waals surface area contributed by atoms with Crippen molar-refractivity contribution in [3.63, 3.8) is 0 Å². The molecule has 0 bridgehead atoms. The Hall–Kier alpha value is -2.83. The van der Waals surface area contributed by atoms with Crippen LogP contribution in [0.3, 0.4) is 0 Å². The molecule has 0 spiro atoms. The van der Waals surface area contributed by atoms with Crippen LogP contribution in [0.2, 0.25) is 0 Å². The number of nitrogens with zero attached hydrogens (tertiary/aromatic N) is 3. The van der Waals surface area contributed by atoms with E-state index in [0.29, 0.717) is 37.3 Å². The Labute approximate surface area is 137 Å². The zero-order valence-corrected chi connectivity index (χ0v) is 12.8. The minimum Gasteiger partial charge on any atom is -0.350 e. The van der Waals surface area contributed by atoms with Gasteiger partial charge in [-0.1, -0.05) is 17.7 Å². The van der Waals surface area contributed by atoms with Crippen LogP contribution in [0.1, 0.15) is 18.4 Å². The van der Waals surface area contributed by atoms with E-state index >= 15 is 0 Å². The van der Waals surface area contributed by atoms with Crippen LogP contribution >= 0.6 is 0 Å². The van der Waals surface area contributed by atoms with Crippen molar-refractivity contribution in [2.45, 2.75) is 12.8 Å². The average Bonchev–Trinajstić information content (AvgIpc) is 2.59. The molecule has 1 aliphatic heterocycles. The highest BCUT2D eigenvalue weighted by molar-refractivity contribution is 5.59. The van der Waals surface area contributed by atoms with Gasteiger partial charge in [0.2, 0.25) is 5.82 Å². The van der Waals surface area contributed by atoms with Crippen LogP contribution in [-0.2, 0) is 0 Å². The number of rotatable bonds is 3. The molecule has 5 nitrogen and oxygen atoms in total. The average molecular weight is 331 g/mol. The molecule has 2 aromatic rings. The molecule has 1 fully saturated rings. The summed E-state index contributed by atoms with van der Waals surface area (Å²) in [7, 11) is 0. The topological polar surface area (TPSA) is 59.3 Å². The van der Waals surface area contributed by atoms with E-state index in [2.05, 4.69) is 4.98 Å². The maximum atomic E-state index is 13.3. The van der Waals surface area contributed by atoms with E-state index in [-0.39, 0.29) is 5.69 Å². The molecule has 124 valence electrons. The van der Waals surface area contributed by atoms with Crippen molar-refractivity contribution in [2.75, 3.05) is 18.0 Å². The van der Waals surface area contributed by atoms with Crippen LogP contribution in [0, 0.1) is 21.7 Å². The molecular weight excluding hydrogens is 316 g/mol. The van der Waals surface area contributed by atoms with Gasteiger partial charge in [-0.05, 0) is 36.6 Å². The van der Waals surface area contributed by atoms with Gasteiger partial charge in [0.25, 0.3) is 0 Å². The molecule has 1 aliphatic rings. The first kappa shape index (κ1) is 16.0. The van der Waals surface area contributed by atoms with Crippen molar-refractivity contribution in [1.29, 1.82) is 0 Å². The molecule has 1 saturated heterocycles. The highest BCUT2D eigenvalue weighted by atomic mass is 19.2. The molecule has 0 amide bonds. The number of hydrogen-bond donors (Lipinski definition) is 0. The summed E-state index contributed by atoms with van der Waals surface area (Å²) in [4.78, 5) is 16.7. The largest absolute Gasteiger partial charge is 0.350 e. The van der Waals surface area contributed by atoms with Gasteiger partial charge in [0.05, 0.1) is 4.92 Å². The van der Waals surface area contributed by atoms with Crippen molar-refractivity contribution in [3.8, 4) is 0 Å². The third kappa shape index (κ3) is 3.40. The Morgan fingerprint density at radius 1 is 1.17 bits per heavy atom. The van der Waals surface area contributed by atoms with Gasteiger partial charge in [-0.3, -0.25) is 10.1 Å². The SMILES string of the molecule is O=[N+]([O-])c1cccnc1N1CCC(=Cc2ccc(F)c(F)c2)CC1. The predicted octanol–water partition coefficient (Wildman–Crippen LogP) is 3.95. The fourth-order valence-electron chi connectivity index (χ4n) is 2.76. The number of hydrogen-bond acceptors (Lipinski definition) is 4. The minimum atomic E-state index is -0.870. The van der Waals surface area contributed by atoms with E-state index in [1.807, 2.05) is 11.0 Å². The lowest BCUT2D eigenvalue weighted by Crippen LogP contribution is -2.31. The van der Waals surface area contributed by atoms with Gasteiger partial charge in [0.1, 0.15) is 0 Å². The van der Waals surface area contributed by atoms with E-state index in [1.165, 1.54) is 18.3 Å². The van der Waals surface area contributed by atoms with Crippen molar-refractivity contribution in [3.05, 3.63) is 69.4 Å². The zero-order valence-electron chi connectivity index (χ0n) is 12.8. The summed E-state index contributed by atoms with van der Waals surface area (Å²) in [5.74, 6) is -1.37. The molecule has 2 heterocycles. The first-order valence-electron chi connectivity index (χ1n) is 7.53. The number of benzene rings is 1. The maximum Gasteiger partial charge on any atom is 0.311 e. The predicted molar refractivity (Wildman–Crippen MR) is 86.7 cm³/mol. The molecule has 0 N–H and O–H groups in total. The molecular formula is C17H15F2N3O2. The number of aromatic nitrogens is 1. The summed E-state index contributed by atoms with van der Waals surface area (Å²) in [6.07, 6.45) is 4.75. The fraction of sp³-hybridized carbons (Fsp3) is 0.235. The van der Waals surface area contributed by atoms with Gasteiger partial charge < -0.3 is 4.90 Å². The Morgan fingerprint density at radius 2 is 1.92 bits per heavy atom. The second-order valence-electron chi connectivity index (χ2n) is 5.57. The van der Waals surface area contributed by atoms with Gasteiger partial charge in [0, 0.05) is 25.4 Å². The Kier molecular flexibility index (Phi) is 4.50. The minimum absolute atomic E-state index is 0.00876. The Morgan fingerprint density at radius 3 is 2.58 bits per heavy atom. The number of nitro groups is 1. The summed E-state index contributed by atoms with van der Waals surface area (Å²) in [5.41, 5.74) is 1.70. The van der Waals surface area contributed by atoms with Crippen LogP contribution in [0.5, 0.6) is 0 Å². The molecule has 0 unspecified atom stereocenters. The zero-order chi connectivity index (χ0) is 17.1. The van der Waals surface area contributed by atoms with E-state index in [4.69, 9.17) is 0 Å². The highest BCUT2D eigenvalue weighted by Crippen LogP contribution is 2.29. The summed E-state index contributed by atoms with van der Waals surface area (Å²) in [6.45, 7) is 1.18. The lowest BCUT2D eigenvalue weighted by Gasteiger charge is -2.29. The third-order valence-electron chi connectivity index (χ3n) is 3.98. The van der Waals surface area contributed by atoms with Crippen LogP contribution in [-0.4, -0.2) is 23.0 Å². The van der Waals surface area contributed by atoms with Crippen LogP contribution in [0.15, 0.2) is 42.1 Å². The van der Waals surface area contributed by atoms with Crippen LogP contribution in [0.4, 0.5) is 20.3 Å². The number of halogens is 2. The van der Waals surface area contributed by atoms with Gasteiger partial charge in [-0.2, -0.15) is 0 Å². The fourth-order valence-corrected chi connectivity index (χ4v) is 2.76. The Bertz CT molecular complexity index is 798. The number of pyridine rings is 1. The van der Waals surface area contributed by atoms with E-state index in [9.17, 15) is 18.9 Å². The first-order valence-corrected chi connectivity index (χ1v) is 7.53. The normalized spacial score (nSPS) is 14.6. The van der Waals surface area contributed by atoms with E-state index < -0.39 is 16.6 Å². The summed E-state index contributed by atoms with van der Waals surface area (Å²) in [5, 5.41) is 11.1. The van der Waals surface area contributed by atoms with Gasteiger partial charge >= 0.3 is 5.69 Å². The molecule has 0 aliphatic carbocycles. The number of anilines is 1. The second-order valence-corrected chi connectivity index (χ2v) is 5.57. The second kappa shape index (κ2) is 6.74. The molecule has 0 atom stereocenters. The Balaban J connectivity index is 1.73. The summed E-state index contributed by atoms with van der Waals surface area (Å²) >= 11 is 0. The molecule has 1 aromatic heterocycles. The molecule has 24 heavy (non-hydrogen) atoms. The third-order valence-corrected chi connectivity index (χ3v) is 3.98. The van der Waals surface area contributed by atoms with Gasteiger partial charge in [0.15, 0.2) is 11.6 Å². The van der Waals surface area contributed by atoms with Crippen molar-refractivity contribution < 1.29 is 13.7 Å². The van der Waals surface area contributed by atoms with E-state index in [1.54, 1.807) is 6.07 Å². The first-order chi connectivity index (χ1) is 11.5. The standard InChI is InChI=1S/C17H15F2N3O2/c18-14-4-3-13(11-15(14)19)10-12-5-8-21(9-6-12)17-16(22(23)24)2-1-7-20-17/h1-4,7,10-11H,5-6,8-9H2. The lowest BCUT2D eigenvalue weighted by molar-refractivity contribution is -0.384. The quantitative estimate of drug-likeness (QED) is 0.631. The van der Waals surface area contributed by atoms with Crippen LogP contribution in [0.25, 0.3) is 6.08 Å². The highest BCUT2D eigenvalue weighted by Gasteiger charge is 2.23. The smallest absolute Gasteiger partial charge is 0.311 e.